The number of aromatic nitrogens is 1. The number of hydrogen-bond acceptors (Lipinski definition) is 4. The number of nitrogens with one attached hydrogen (secondary N) is 1. The fourth-order valence-electron chi connectivity index (χ4n) is 1.69. The highest BCUT2D eigenvalue weighted by Gasteiger charge is 2.07. The van der Waals surface area contributed by atoms with Crippen LogP contribution in [0.4, 0.5) is 11.4 Å². The summed E-state index contributed by atoms with van der Waals surface area (Å²) in [5.41, 5.74) is 7.42. The van der Waals surface area contributed by atoms with Gasteiger partial charge in [-0.15, -0.1) is 0 Å². The molecule has 0 aliphatic heterocycles. The third-order valence-electron chi connectivity index (χ3n) is 2.58. The van der Waals surface area contributed by atoms with Crippen molar-refractivity contribution in [2.45, 2.75) is 6.42 Å². The smallest absolute Gasteiger partial charge is 0.354 e. The Morgan fingerprint density at radius 1 is 1.25 bits per heavy atom. The van der Waals surface area contributed by atoms with Crippen molar-refractivity contribution < 1.29 is 14.7 Å². The van der Waals surface area contributed by atoms with Gasteiger partial charge in [-0.2, -0.15) is 0 Å². The van der Waals surface area contributed by atoms with Gasteiger partial charge in [0, 0.05) is 5.69 Å². The average molecular weight is 271 g/mol. The molecule has 0 aliphatic rings. The molecular weight excluding hydrogens is 258 g/mol. The van der Waals surface area contributed by atoms with E-state index in [4.69, 9.17) is 10.8 Å². The van der Waals surface area contributed by atoms with Crippen molar-refractivity contribution in [3.8, 4) is 0 Å². The maximum absolute atomic E-state index is 11.8. The van der Waals surface area contributed by atoms with Gasteiger partial charge in [-0.25, -0.2) is 9.78 Å². The number of rotatable bonds is 4. The van der Waals surface area contributed by atoms with E-state index < -0.39 is 5.97 Å². The highest BCUT2D eigenvalue weighted by Crippen LogP contribution is 2.10. The van der Waals surface area contributed by atoms with E-state index in [1.54, 1.807) is 18.2 Å². The largest absolute Gasteiger partial charge is 0.477 e. The van der Waals surface area contributed by atoms with Crippen LogP contribution < -0.4 is 11.1 Å². The van der Waals surface area contributed by atoms with E-state index >= 15 is 0 Å². The fraction of sp³-hybridized carbons (Fsp3) is 0.0714. The first-order valence-electron chi connectivity index (χ1n) is 5.88. The summed E-state index contributed by atoms with van der Waals surface area (Å²) in [5, 5.41) is 11.4. The van der Waals surface area contributed by atoms with Crippen LogP contribution >= 0.6 is 0 Å². The van der Waals surface area contributed by atoms with E-state index in [1.807, 2.05) is 6.07 Å². The Bertz CT molecular complexity index is 638. The van der Waals surface area contributed by atoms with Gasteiger partial charge in [0.05, 0.1) is 18.3 Å². The Labute approximate surface area is 115 Å². The third kappa shape index (κ3) is 3.55. The van der Waals surface area contributed by atoms with Crippen LogP contribution in [0.1, 0.15) is 16.1 Å². The van der Waals surface area contributed by atoms with E-state index in [9.17, 15) is 9.59 Å². The number of amides is 1. The van der Waals surface area contributed by atoms with E-state index in [0.29, 0.717) is 11.4 Å². The van der Waals surface area contributed by atoms with E-state index in [1.165, 1.54) is 18.3 Å². The van der Waals surface area contributed by atoms with Crippen molar-refractivity contribution in [1.82, 2.24) is 4.98 Å². The van der Waals surface area contributed by atoms with Gasteiger partial charge in [0.1, 0.15) is 5.69 Å². The zero-order valence-electron chi connectivity index (χ0n) is 10.5. The molecule has 1 amide bonds. The SMILES string of the molecule is Nc1cccc(CC(=O)Nc2ccc(C(=O)O)nc2)c1. The molecule has 0 saturated heterocycles. The Morgan fingerprint density at radius 2 is 2.05 bits per heavy atom. The number of carboxylic acids is 1. The highest BCUT2D eigenvalue weighted by molar-refractivity contribution is 5.92. The minimum atomic E-state index is -1.11. The summed E-state index contributed by atoms with van der Waals surface area (Å²) < 4.78 is 0. The fourth-order valence-corrected chi connectivity index (χ4v) is 1.69. The minimum Gasteiger partial charge on any atom is -0.477 e. The van der Waals surface area contributed by atoms with Gasteiger partial charge in [0.15, 0.2) is 0 Å². The van der Waals surface area contributed by atoms with Crippen molar-refractivity contribution in [2.75, 3.05) is 11.1 Å². The molecule has 20 heavy (non-hydrogen) atoms. The zero-order valence-corrected chi connectivity index (χ0v) is 10.5. The minimum absolute atomic E-state index is 0.0705. The first-order chi connectivity index (χ1) is 9.54. The topological polar surface area (TPSA) is 105 Å². The number of hydrogen-bond donors (Lipinski definition) is 3. The van der Waals surface area contributed by atoms with Gasteiger partial charge in [-0.3, -0.25) is 4.79 Å². The molecule has 0 spiro atoms. The molecule has 0 atom stereocenters. The van der Waals surface area contributed by atoms with Gasteiger partial charge in [-0.05, 0) is 29.8 Å². The Balaban J connectivity index is 1.99. The lowest BCUT2D eigenvalue weighted by Crippen LogP contribution is -2.15. The van der Waals surface area contributed by atoms with Gasteiger partial charge < -0.3 is 16.2 Å². The number of pyridine rings is 1. The number of nitrogens with two attached hydrogens (primary N) is 1. The van der Waals surface area contributed by atoms with Crippen LogP contribution in [-0.2, 0) is 11.2 Å². The zero-order chi connectivity index (χ0) is 14.5. The van der Waals surface area contributed by atoms with Crippen LogP contribution in [0, 0.1) is 0 Å². The Hall–Kier alpha value is -2.89. The monoisotopic (exact) mass is 271 g/mol. The van der Waals surface area contributed by atoms with E-state index in [-0.39, 0.29) is 18.0 Å². The summed E-state index contributed by atoms with van der Waals surface area (Å²) in [6, 6.07) is 9.89. The van der Waals surface area contributed by atoms with Crippen molar-refractivity contribution in [3.05, 3.63) is 53.9 Å². The molecule has 0 radical (unpaired) electrons. The molecule has 6 heteroatoms. The molecule has 102 valence electrons. The number of nitrogen functional groups attached to an aromatic ring is 1. The van der Waals surface area contributed by atoms with Crippen LogP contribution in [0.2, 0.25) is 0 Å². The maximum Gasteiger partial charge on any atom is 0.354 e. The van der Waals surface area contributed by atoms with Crippen LogP contribution in [-0.4, -0.2) is 22.0 Å². The maximum atomic E-state index is 11.8. The van der Waals surface area contributed by atoms with Crippen LogP contribution in [0.25, 0.3) is 0 Å². The first-order valence-corrected chi connectivity index (χ1v) is 5.88. The number of carbonyl (C=O) groups is 2. The van der Waals surface area contributed by atoms with Crippen molar-refractivity contribution in [1.29, 1.82) is 0 Å². The summed E-state index contributed by atoms with van der Waals surface area (Å²) in [4.78, 5) is 26.2. The first kappa shape index (κ1) is 13.5. The molecule has 2 aromatic rings. The molecule has 0 saturated carbocycles. The molecule has 1 aromatic heterocycles. The Morgan fingerprint density at radius 3 is 2.65 bits per heavy atom. The highest BCUT2D eigenvalue weighted by atomic mass is 16.4. The van der Waals surface area contributed by atoms with Gasteiger partial charge in [0.25, 0.3) is 0 Å². The Kier molecular flexibility index (Phi) is 3.95. The molecule has 0 unspecified atom stereocenters. The van der Waals surface area contributed by atoms with Crippen LogP contribution in [0.5, 0.6) is 0 Å². The van der Waals surface area contributed by atoms with Crippen molar-refractivity contribution in [2.24, 2.45) is 0 Å². The average Bonchev–Trinajstić information content (AvgIpc) is 2.39. The number of nitrogens with zero attached hydrogens (tertiary/aromatic N) is 1. The van der Waals surface area contributed by atoms with Crippen molar-refractivity contribution in [3.63, 3.8) is 0 Å². The molecule has 0 fully saturated rings. The second kappa shape index (κ2) is 5.83. The van der Waals surface area contributed by atoms with Gasteiger partial charge >= 0.3 is 5.97 Å². The molecular formula is C14H13N3O3. The molecule has 1 aromatic carbocycles. The quantitative estimate of drug-likeness (QED) is 0.731. The summed E-state index contributed by atoms with van der Waals surface area (Å²) in [6.07, 6.45) is 1.49. The molecule has 2 rings (SSSR count). The number of aromatic carboxylic acids is 1. The summed E-state index contributed by atoms with van der Waals surface area (Å²) >= 11 is 0. The molecule has 0 aliphatic carbocycles. The van der Waals surface area contributed by atoms with Crippen LogP contribution in [0.15, 0.2) is 42.6 Å². The van der Waals surface area contributed by atoms with Gasteiger partial charge in [0.2, 0.25) is 5.91 Å². The van der Waals surface area contributed by atoms with E-state index in [0.717, 1.165) is 5.56 Å². The third-order valence-corrected chi connectivity index (χ3v) is 2.58. The number of carboxylic acid groups (broad SMARTS) is 1. The second-order valence-electron chi connectivity index (χ2n) is 4.21. The van der Waals surface area contributed by atoms with Gasteiger partial charge in [-0.1, -0.05) is 12.1 Å². The lowest BCUT2D eigenvalue weighted by atomic mass is 10.1. The standard InChI is InChI=1S/C14H13N3O3/c15-10-3-1-2-9(6-10)7-13(18)17-11-4-5-12(14(19)20)16-8-11/h1-6,8H,7,15H2,(H,17,18)(H,19,20). The predicted octanol–water partition coefficient (Wildman–Crippen LogP) is 1.54. The second-order valence-corrected chi connectivity index (χ2v) is 4.21. The summed E-state index contributed by atoms with van der Waals surface area (Å²) in [6.45, 7) is 0. The lowest BCUT2D eigenvalue weighted by molar-refractivity contribution is -0.115. The van der Waals surface area contributed by atoms with Crippen molar-refractivity contribution >= 4 is 23.3 Å². The van der Waals surface area contributed by atoms with Crippen LogP contribution in [0.3, 0.4) is 0 Å². The van der Waals surface area contributed by atoms with E-state index in [2.05, 4.69) is 10.3 Å². The molecule has 6 nitrogen and oxygen atoms in total. The number of benzene rings is 1. The summed E-state index contributed by atoms with van der Waals surface area (Å²) in [7, 11) is 0. The summed E-state index contributed by atoms with van der Waals surface area (Å²) in [5.74, 6) is -1.33. The number of carbonyl (C=O) groups excluding carboxylic acids is 1. The molecule has 1 heterocycles. The molecule has 4 N–H and O–H groups in total. The predicted molar refractivity (Wildman–Crippen MR) is 74.4 cm³/mol. The lowest BCUT2D eigenvalue weighted by Gasteiger charge is -2.05. The number of anilines is 2. The molecule has 0 bridgehead atoms. The normalized spacial score (nSPS) is 10.0.